The molecule has 0 spiro atoms. The molecule has 21 heavy (non-hydrogen) atoms. The molecule has 0 amide bonds. The van der Waals surface area contributed by atoms with Gasteiger partial charge in [-0.2, -0.15) is 5.10 Å². The maximum Gasteiger partial charge on any atom is 0.360 e. The standard InChI is InChI=1S/C13H18BrN5O2/c1-5-18-10(11(14)8(3)16-18)7-19-9(4)12(15-17-19)13(20)21-6-2/h5-7H2,1-4H3. The minimum Gasteiger partial charge on any atom is -0.461 e. The molecule has 0 atom stereocenters. The van der Waals surface area contributed by atoms with E-state index in [-0.39, 0.29) is 5.69 Å². The zero-order valence-electron chi connectivity index (χ0n) is 12.6. The third kappa shape index (κ3) is 2.99. The minimum atomic E-state index is -0.444. The van der Waals surface area contributed by atoms with Crippen molar-refractivity contribution < 1.29 is 9.53 Å². The van der Waals surface area contributed by atoms with Gasteiger partial charge in [0.25, 0.3) is 0 Å². The second-order valence-electron chi connectivity index (χ2n) is 4.56. The topological polar surface area (TPSA) is 74.8 Å². The number of carbonyl (C=O) groups excluding carboxylic acids is 1. The van der Waals surface area contributed by atoms with Gasteiger partial charge in [0.1, 0.15) is 0 Å². The van der Waals surface area contributed by atoms with Crippen molar-refractivity contribution in [2.45, 2.75) is 40.8 Å². The Hall–Kier alpha value is -1.70. The molecule has 0 aliphatic carbocycles. The summed E-state index contributed by atoms with van der Waals surface area (Å²) in [6, 6.07) is 0. The highest BCUT2D eigenvalue weighted by Crippen LogP contribution is 2.22. The summed E-state index contributed by atoms with van der Waals surface area (Å²) in [6.45, 7) is 9.11. The minimum absolute atomic E-state index is 0.257. The van der Waals surface area contributed by atoms with E-state index in [9.17, 15) is 4.79 Å². The molecule has 0 saturated heterocycles. The number of esters is 1. The fourth-order valence-corrected chi connectivity index (χ4v) is 2.47. The van der Waals surface area contributed by atoms with Crippen molar-refractivity contribution in [1.82, 2.24) is 24.8 Å². The van der Waals surface area contributed by atoms with Gasteiger partial charge in [-0.3, -0.25) is 4.68 Å². The molecule has 0 aromatic carbocycles. The molecule has 0 N–H and O–H groups in total. The second kappa shape index (κ2) is 6.38. The van der Waals surface area contributed by atoms with Gasteiger partial charge in [0.05, 0.1) is 34.7 Å². The quantitative estimate of drug-likeness (QED) is 0.767. The molecular weight excluding hydrogens is 338 g/mol. The van der Waals surface area contributed by atoms with Crippen molar-refractivity contribution in [3.63, 3.8) is 0 Å². The summed E-state index contributed by atoms with van der Waals surface area (Å²) in [7, 11) is 0. The first-order chi connectivity index (χ1) is 9.99. The van der Waals surface area contributed by atoms with Gasteiger partial charge in [0.15, 0.2) is 5.69 Å². The zero-order chi connectivity index (χ0) is 15.6. The molecule has 0 aliphatic heterocycles. The second-order valence-corrected chi connectivity index (χ2v) is 5.36. The van der Waals surface area contributed by atoms with Crippen LogP contribution in [0.4, 0.5) is 0 Å². The van der Waals surface area contributed by atoms with Crippen LogP contribution in [0.2, 0.25) is 0 Å². The van der Waals surface area contributed by atoms with Crippen LogP contribution in [0.3, 0.4) is 0 Å². The maximum absolute atomic E-state index is 11.8. The number of hydrogen-bond donors (Lipinski definition) is 0. The van der Waals surface area contributed by atoms with Gasteiger partial charge in [0.2, 0.25) is 0 Å². The van der Waals surface area contributed by atoms with E-state index in [1.807, 2.05) is 18.5 Å². The van der Waals surface area contributed by atoms with Crippen molar-refractivity contribution in [2.75, 3.05) is 6.61 Å². The Labute approximate surface area is 131 Å². The predicted molar refractivity (Wildman–Crippen MR) is 80.2 cm³/mol. The average molecular weight is 356 g/mol. The molecule has 0 bridgehead atoms. The summed E-state index contributed by atoms with van der Waals surface area (Å²) in [5, 5.41) is 12.4. The van der Waals surface area contributed by atoms with Crippen molar-refractivity contribution in [1.29, 1.82) is 0 Å². The lowest BCUT2D eigenvalue weighted by molar-refractivity contribution is 0.0518. The van der Waals surface area contributed by atoms with Gasteiger partial charge in [-0.1, -0.05) is 5.21 Å². The summed E-state index contributed by atoms with van der Waals surface area (Å²) < 4.78 is 9.51. The molecular formula is C13H18BrN5O2. The number of aryl methyl sites for hydroxylation is 2. The van der Waals surface area contributed by atoms with Crippen LogP contribution in [0.5, 0.6) is 0 Å². The van der Waals surface area contributed by atoms with Gasteiger partial charge >= 0.3 is 5.97 Å². The van der Waals surface area contributed by atoms with Crippen LogP contribution in [0.1, 0.15) is 41.4 Å². The fourth-order valence-electron chi connectivity index (χ4n) is 2.06. The van der Waals surface area contributed by atoms with E-state index in [4.69, 9.17) is 4.74 Å². The summed E-state index contributed by atoms with van der Waals surface area (Å²) in [5.41, 5.74) is 2.86. The lowest BCUT2D eigenvalue weighted by atomic mass is 10.3. The van der Waals surface area contributed by atoms with E-state index in [0.717, 1.165) is 22.4 Å². The number of ether oxygens (including phenoxy) is 1. The molecule has 7 nitrogen and oxygen atoms in total. The zero-order valence-corrected chi connectivity index (χ0v) is 14.1. The van der Waals surface area contributed by atoms with E-state index in [0.29, 0.717) is 18.8 Å². The average Bonchev–Trinajstić information content (AvgIpc) is 2.95. The lowest BCUT2D eigenvalue weighted by Gasteiger charge is -2.07. The Morgan fingerprint density at radius 3 is 2.62 bits per heavy atom. The molecule has 0 aliphatic rings. The highest BCUT2D eigenvalue weighted by atomic mass is 79.9. The summed E-state index contributed by atoms with van der Waals surface area (Å²) in [4.78, 5) is 11.8. The van der Waals surface area contributed by atoms with Crippen LogP contribution in [0.25, 0.3) is 0 Å². The molecule has 0 saturated carbocycles. The Morgan fingerprint density at radius 1 is 1.29 bits per heavy atom. The monoisotopic (exact) mass is 355 g/mol. The van der Waals surface area contributed by atoms with Gasteiger partial charge < -0.3 is 4.74 Å². The van der Waals surface area contributed by atoms with Gasteiger partial charge in [-0.05, 0) is 43.6 Å². The predicted octanol–water partition coefficient (Wildman–Crippen LogP) is 2.10. The first-order valence-electron chi connectivity index (χ1n) is 6.78. The highest BCUT2D eigenvalue weighted by molar-refractivity contribution is 9.10. The first kappa shape index (κ1) is 15.7. The maximum atomic E-state index is 11.8. The number of rotatable bonds is 5. The van der Waals surface area contributed by atoms with Crippen LogP contribution in [-0.4, -0.2) is 37.4 Å². The summed E-state index contributed by atoms with van der Waals surface area (Å²) >= 11 is 3.55. The van der Waals surface area contributed by atoms with Gasteiger partial charge in [-0.25, -0.2) is 9.48 Å². The Bertz CT molecular complexity index is 662. The molecule has 8 heteroatoms. The molecule has 2 rings (SSSR count). The van der Waals surface area contributed by atoms with Gasteiger partial charge in [-0.15, -0.1) is 5.10 Å². The first-order valence-corrected chi connectivity index (χ1v) is 7.57. The Morgan fingerprint density at radius 2 is 2.00 bits per heavy atom. The number of nitrogens with zero attached hydrogens (tertiary/aromatic N) is 5. The molecule has 2 heterocycles. The number of carbonyl (C=O) groups is 1. The number of hydrogen-bond acceptors (Lipinski definition) is 5. The number of aromatic nitrogens is 5. The normalized spacial score (nSPS) is 10.9. The molecule has 0 fully saturated rings. The van der Waals surface area contributed by atoms with Crippen molar-refractivity contribution in [3.8, 4) is 0 Å². The molecule has 0 radical (unpaired) electrons. The summed E-state index contributed by atoms with van der Waals surface area (Å²) in [5.74, 6) is -0.444. The smallest absolute Gasteiger partial charge is 0.360 e. The molecule has 0 unspecified atom stereocenters. The summed E-state index contributed by atoms with van der Waals surface area (Å²) in [6.07, 6.45) is 0. The number of halogens is 1. The van der Waals surface area contributed by atoms with E-state index in [2.05, 4.69) is 31.3 Å². The SMILES string of the molecule is CCOC(=O)c1nnn(Cc2c(Br)c(C)nn2CC)c1C. The van der Waals surface area contributed by atoms with E-state index >= 15 is 0 Å². The Balaban J connectivity index is 2.31. The van der Waals surface area contributed by atoms with Crippen LogP contribution < -0.4 is 0 Å². The third-order valence-electron chi connectivity index (χ3n) is 3.20. The third-order valence-corrected chi connectivity index (χ3v) is 4.24. The van der Waals surface area contributed by atoms with Crippen molar-refractivity contribution in [2.24, 2.45) is 0 Å². The van der Waals surface area contributed by atoms with Crippen LogP contribution in [0, 0.1) is 13.8 Å². The van der Waals surface area contributed by atoms with Crippen molar-refractivity contribution in [3.05, 3.63) is 27.2 Å². The Kier molecular flexibility index (Phi) is 4.76. The molecule has 114 valence electrons. The molecule has 2 aromatic rings. The highest BCUT2D eigenvalue weighted by Gasteiger charge is 2.20. The molecule has 2 aromatic heterocycles. The van der Waals surface area contributed by atoms with Crippen LogP contribution in [-0.2, 0) is 17.8 Å². The van der Waals surface area contributed by atoms with Crippen molar-refractivity contribution >= 4 is 21.9 Å². The van der Waals surface area contributed by atoms with Crippen LogP contribution in [0.15, 0.2) is 4.47 Å². The van der Waals surface area contributed by atoms with E-state index < -0.39 is 5.97 Å². The van der Waals surface area contributed by atoms with Crippen LogP contribution >= 0.6 is 15.9 Å². The van der Waals surface area contributed by atoms with E-state index in [1.165, 1.54) is 0 Å². The largest absolute Gasteiger partial charge is 0.461 e. The fraction of sp³-hybridized carbons (Fsp3) is 0.538. The lowest BCUT2D eigenvalue weighted by Crippen LogP contribution is -2.12. The van der Waals surface area contributed by atoms with E-state index in [1.54, 1.807) is 18.5 Å². The van der Waals surface area contributed by atoms with Gasteiger partial charge in [0, 0.05) is 6.54 Å².